The highest BCUT2D eigenvalue weighted by atomic mass is 32.1. The van der Waals surface area contributed by atoms with Crippen LogP contribution in [-0.2, 0) is 11.3 Å². The van der Waals surface area contributed by atoms with Gasteiger partial charge in [-0.25, -0.2) is 4.98 Å². The third kappa shape index (κ3) is 3.27. The second kappa shape index (κ2) is 5.25. The molecule has 90 valence electrons. The van der Waals surface area contributed by atoms with Gasteiger partial charge in [0.25, 0.3) is 0 Å². The maximum Gasteiger partial charge on any atom is 0.0897 e. The van der Waals surface area contributed by atoms with E-state index >= 15 is 0 Å². The molecule has 16 heavy (non-hydrogen) atoms. The number of methoxy groups -OCH3 is 1. The first-order valence-corrected chi connectivity index (χ1v) is 6.73. The van der Waals surface area contributed by atoms with Crippen LogP contribution in [0.4, 0.5) is 0 Å². The Morgan fingerprint density at radius 2 is 2.38 bits per heavy atom. The van der Waals surface area contributed by atoms with E-state index in [0.29, 0.717) is 5.41 Å². The number of aromatic nitrogens is 1. The Bertz CT molecular complexity index is 334. The van der Waals surface area contributed by atoms with Crippen molar-refractivity contribution in [3.05, 3.63) is 16.1 Å². The number of aryl methyl sites for hydroxylation is 1. The first-order valence-electron chi connectivity index (χ1n) is 5.85. The quantitative estimate of drug-likeness (QED) is 0.794. The molecular weight excluding hydrogens is 220 g/mol. The zero-order valence-corrected chi connectivity index (χ0v) is 10.9. The van der Waals surface area contributed by atoms with E-state index in [2.05, 4.69) is 22.6 Å². The van der Waals surface area contributed by atoms with Crippen LogP contribution in [0, 0.1) is 12.3 Å². The zero-order valence-electron chi connectivity index (χ0n) is 10.1. The summed E-state index contributed by atoms with van der Waals surface area (Å²) in [6.07, 6.45) is 3.88. The number of rotatable bonds is 7. The lowest BCUT2D eigenvalue weighted by Crippen LogP contribution is -2.24. The van der Waals surface area contributed by atoms with Crippen LogP contribution in [0.3, 0.4) is 0 Å². The van der Waals surface area contributed by atoms with Crippen molar-refractivity contribution in [1.29, 1.82) is 0 Å². The highest BCUT2D eigenvalue weighted by Crippen LogP contribution is 2.48. The third-order valence-electron chi connectivity index (χ3n) is 3.27. The van der Waals surface area contributed by atoms with Crippen LogP contribution >= 0.6 is 11.3 Å². The van der Waals surface area contributed by atoms with Crippen molar-refractivity contribution in [3.63, 3.8) is 0 Å². The van der Waals surface area contributed by atoms with Crippen LogP contribution in [0.1, 0.15) is 30.0 Å². The van der Waals surface area contributed by atoms with Crippen molar-refractivity contribution in [2.75, 3.05) is 20.3 Å². The molecule has 1 aliphatic carbocycles. The van der Waals surface area contributed by atoms with Crippen LogP contribution < -0.4 is 5.32 Å². The SMILES string of the molecule is COCCC1(CNCc2csc(C)n2)CC1. The molecule has 1 N–H and O–H groups in total. The van der Waals surface area contributed by atoms with Gasteiger partial charge in [-0.3, -0.25) is 0 Å². The first-order chi connectivity index (χ1) is 7.74. The molecule has 0 bridgehead atoms. The predicted molar refractivity (Wildman–Crippen MR) is 66.7 cm³/mol. The number of hydrogen-bond acceptors (Lipinski definition) is 4. The minimum Gasteiger partial charge on any atom is -0.385 e. The molecule has 0 aromatic carbocycles. The summed E-state index contributed by atoms with van der Waals surface area (Å²) in [6.45, 7) is 4.94. The Labute approximate surface area is 101 Å². The Hall–Kier alpha value is -0.450. The molecule has 0 amide bonds. The van der Waals surface area contributed by atoms with Gasteiger partial charge in [0.15, 0.2) is 0 Å². The summed E-state index contributed by atoms with van der Waals surface area (Å²) in [6, 6.07) is 0. The summed E-state index contributed by atoms with van der Waals surface area (Å²) in [5.41, 5.74) is 1.70. The van der Waals surface area contributed by atoms with Gasteiger partial charge in [-0.05, 0) is 31.6 Å². The van der Waals surface area contributed by atoms with Crippen LogP contribution in [0.2, 0.25) is 0 Å². The maximum atomic E-state index is 5.15. The average molecular weight is 240 g/mol. The van der Waals surface area contributed by atoms with Gasteiger partial charge in [-0.15, -0.1) is 11.3 Å². The summed E-state index contributed by atoms with van der Waals surface area (Å²) in [5.74, 6) is 0. The van der Waals surface area contributed by atoms with Crippen LogP contribution in [-0.4, -0.2) is 25.2 Å². The maximum absolute atomic E-state index is 5.15. The van der Waals surface area contributed by atoms with Crippen LogP contribution in [0.5, 0.6) is 0 Å². The van der Waals surface area contributed by atoms with Gasteiger partial charge in [0, 0.05) is 32.2 Å². The fraction of sp³-hybridized carbons (Fsp3) is 0.750. The number of thiazole rings is 1. The van der Waals surface area contributed by atoms with Gasteiger partial charge in [-0.2, -0.15) is 0 Å². The first kappa shape index (κ1) is 12.0. The minimum atomic E-state index is 0.529. The van der Waals surface area contributed by atoms with E-state index in [1.54, 1.807) is 18.4 Å². The van der Waals surface area contributed by atoms with Gasteiger partial charge >= 0.3 is 0 Å². The van der Waals surface area contributed by atoms with Crippen molar-refractivity contribution in [2.45, 2.75) is 32.7 Å². The minimum absolute atomic E-state index is 0.529. The Morgan fingerprint density at radius 1 is 1.56 bits per heavy atom. The monoisotopic (exact) mass is 240 g/mol. The second-order valence-electron chi connectivity index (χ2n) is 4.70. The lowest BCUT2D eigenvalue weighted by molar-refractivity contribution is 0.171. The van der Waals surface area contributed by atoms with Crippen molar-refractivity contribution < 1.29 is 4.74 Å². The van der Waals surface area contributed by atoms with Gasteiger partial charge in [0.2, 0.25) is 0 Å². The summed E-state index contributed by atoms with van der Waals surface area (Å²) in [4.78, 5) is 4.44. The zero-order chi connectivity index (χ0) is 11.4. The molecule has 1 heterocycles. The summed E-state index contributed by atoms with van der Waals surface area (Å²) >= 11 is 1.72. The van der Waals surface area contributed by atoms with E-state index in [9.17, 15) is 0 Å². The summed E-state index contributed by atoms with van der Waals surface area (Å²) < 4.78 is 5.15. The fourth-order valence-corrected chi connectivity index (χ4v) is 2.57. The van der Waals surface area contributed by atoms with Gasteiger partial charge in [0.05, 0.1) is 10.7 Å². The Morgan fingerprint density at radius 3 is 2.94 bits per heavy atom. The average Bonchev–Trinajstić information content (AvgIpc) is 2.92. The number of nitrogens with zero attached hydrogens (tertiary/aromatic N) is 1. The molecule has 0 spiro atoms. The van der Waals surface area contributed by atoms with E-state index in [1.165, 1.54) is 25.0 Å². The Balaban J connectivity index is 1.68. The second-order valence-corrected chi connectivity index (χ2v) is 5.77. The number of nitrogens with one attached hydrogen (secondary N) is 1. The molecule has 0 aliphatic heterocycles. The molecule has 3 nitrogen and oxygen atoms in total. The summed E-state index contributed by atoms with van der Waals surface area (Å²) in [5, 5.41) is 6.80. The lowest BCUT2D eigenvalue weighted by Gasteiger charge is -2.14. The van der Waals surface area contributed by atoms with Crippen molar-refractivity contribution in [2.24, 2.45) is 5.41 Å². The molecule has 0 atom stereocenters. The molecule has 2 rings (SSSR count). The van der Waals surface area contributed by atoms with E-state index < -0.39 is 0 Å². The smallest absolute Gasteiger partial charge is 0.0897 e. The van der Waals surface area contributed by atoms with E-state index in [-0.39, 0.29) is 0 Å². The van der Waals surface area contributed by atoms with Crippen molar-refractivity contribution in [1.82, 2.24) is 10.3 Å². The molecule has 1 aliphatic rings. The van der Waals surface area contributed by atoms with Crippen LogP contribution in [0.25, 0.3) is 0 Å². The van der Waals surface area contributed by atoms with E-state index in [1.807, 2.05) is 0 Å². The summed E-state index contributed by atoms with van der Waals surface area (Å²) in [7, 11) is 1.78. The molecule has 1 aromatic rings. The van der Waals surface area contributed by atoms with Gasteiger partial charge < -0.3 is 10.1 Å². The van der Waals surface area contributed by atoms with Crippen molar-refractivity contribution in [3.8, 4) is 0 Å². The molecule has 0 radical (unpaired) electrons. The lowest BCUT2D eigenvalue weighted by atomic mass is 10.0. The Kier molecular flexibility index (Phi) is 3.95. The predicted octanol–water partition coefficient (Wildman–Crippen LogP) is 2.36. The molecule has 0 saturated heterocycles. The molecule has 4 heteroatoms. The van der Waals surface area contributed by atoms with E-state index in [4.69, 9.17) is 4.74 Å². The van der Waals surface area contributed by atoms with Crippen molar-refractivity contribution >= 4 is 11.3 Å². The fourth-order valence-electron chi connectivity index (χ4n) is 1.96. The molecule has 0 unspecified atom stereocenters. The topological polar surface area (TPSA) is 34.1 Å². The van der Waals surface area contributed by atoms with E-state index in [0.717, 1.165) is 24.7 Å². The highest BCUT2D eigenvalue weighted by Gasteiger charge is 2.41. The number of ether oxygens (including phenoxy) is 1. The molecule has 1 fully saturated rings. The van der Waals surface area contributed by atoms with Crippen LogP contribution in [0.15, 0.2) is 5.38 Å². The molecule has 1 saturated carbocycles. The highest BCUT2D eigenvalue weighted by molar-refractivity contribution is 7.09. The van der Waals surface area contributed by atoms with Gasteiger partial charge in [-0.1, -0.05) is 0 Å². The largest absolute Gasteiger partial charge is 0.385 e. The number of hydrogen-bond donors (Lipinski definition) is 1. The van der Waals surface area contributed by atoms with Gasteiger partial charge in [0.1, 0.15) is 0 Å². The molecule has 1 aromatic heterocycles. The normalized spacial score (nSPS) is 17.6. The third-order valence-corrected chi connectivity index (χ3v) is 4.09. The standard InChI is InChI=1S/C12H20N2OS/c1-10-14-11(8-16-10)7-13-9-12(3-4-12)5-6-15-2/h8,13H,3-7,9H2,1-2H3. The molecular formula is C12H20N2OS.